The van der Waals surface area contributed by atoms with E-state index < -0.39 is 23.4 Å². The lowest BCUT2D eigenvalue weighted by Crippen LogP contribution is -2.36. The Hall–Kier alpha value is -2.22. The van der Waals surface area contributed by atoms with Crippen molar-refractivity contribution in [3.05, 3.63) is 33.7 Å². The molecule has 2 rings (SSSR count). The number of carboxylic acids is 1. The van der Waals surface area contributed by atoms with E-state index in [1.165, 1.54) is 21.9 Å². The van der Waals surface area contributed by atoms with Crippen LogP contribution in [-0.2, 0) is 4.79 Å². The van der Waals surface area contributed by atoms with Crippen LogP contribution in [0.25, 0.3) is 4.96 Å². The number of thiazole rings is 1. The number of rotatable bonds is 6. The van der Waals surface area contributed by atoms with Crippen LogP contribution in [0.2, 0.25) is 0 Å². The third kappa shape index (κ3) is 3.51. The fourth-order valence-corrected chi connectivity index (χ4v) is 2.81. The summed E-state index contributed by atoms with van der Waals surface area (Å²) in [6.45, 7) is 3.81. The molecule has 1 unspecified atom stereocenters. The van der Waals surface area contributed by atoms with Crippen molar-refractivity contribution in [1.29, 1.82) is 0 Å². The normalized spacial score (nSPS) is 12.5. The number of nitrogens with one attached hydrogen (secondary N) is 1. The fourth-order valence-electron chi connectivity index (χ4n) is 2.13. The first kappa shape index (κ1) is 16.2. The number of aliphatic carboxylic acids is 1. The summed E-state index contributed by atoms with van der Waals surface area (Å²) in [6.07, 6.45) is 3.23. The molecule has 0 bridgehead atoms. The van der Waals surface area contributed by atoms with Gasteiger partial charge in [0.1, 0.15) is 5.56 Å². The Morgan fingerprint density at radius 1 is 1.45 bits per heavy atom. The summed E-state index contributed by atoms with van der Waals surface area (Å²) < 4.78 is 1.29. The predicted octanol–water partition coefficient (Wildman–Crippen LogP) is 1.23. The van der Waals surface area contributed by atoms with Crippen LogP contribution in [-0.4, -0.2) is 32.9 Å². The van der Waals surface area contributed by atoms with Gasteiger partial charge in [-0.1, -0.05) is 13.8 Å². The minimum atomic E-state index is -0.961. The highest BCUT2D eigenvalue weighted by Crippen LogP contribution is 2.11. The quantitative estimate of drug-likeness (QED) is 0.833. The highest BCUT2D eigenvalue weighted by Gasteiger charge is 2.21. The maximum Gasteiger partial charge on any atom is 0.308 e. The predicted molar refractivity (Wildman–Crippen MR) is 82.3 cm³/mol. The summed E-state index contributed by atoms with van der Waals surface area (Å²) >= 11 is 1.29. The number of fused-ring (bicyclic) bond motifs is 1. The van der Waals surface area contributed by atoms with Gasteiger partial charge in [-0.05, 0) is 12.3 Å². The van der Waals surface area contributed by atoms with E-state index in [4.69, 9.17) is 5.11 Å². The molecule has 1 amide bonds. The zero-order valence-corrected chi connectivity index (χ0v) is 13.1. The number of hydrogen-bond donors (Lipinski definition) is 2. The Morgan fingerprint density at radius 2 is 2.18 bits per heavy atom. The van der Waals surface area contributed by atoms with E-state index in [-0.39, 0.29) is 18.0 Å². The van der Waals surface area contributed by atoms with E-state index in [0.717, 1.165) is 0 Å². The molecule has 0 aliphatic carbocycles. The maximum atomic E-state index is 12.1. The van der Waals surface area contributed by atoms with Gasteiger partial charge >= 0.3 is 5.97 Å². The molecule has 0 aliphatic rings. The number of carboxylic acid groups (broad SMARTS) is 1. The van der Waals surface area contributed by atoms with E-state index in [1.807, 2.05) is 13.8 Å². The standard InChI is InChI=1S/C14H17N3O4S/c1-8(2)5-9(13(20)21)6-15-11(18)10-7-16-14-17(12(10)19)3-4-22-14/h3-4,7-9H,5-6H2,1-2H3,(H,15,18)(H,20,21). The van der Waals surface area contributed by atoms with Crippen LogP contribution >= 0.6 is 11.3 Å². The van der Waals surface area contributed by atoms with E-state index in [2.05, 4.69) is 10.3 Å². The van der Waals surface area contributed by atoms with Gasteiger partial charge in [-0.15, -0.1) is 11.3 Å². The Labute approximate surface area is 130 Å². The monoisotopic (exact) mass is 323 g/mol. The Bertz CT molecular complexity index is 750. The number of amides is 1. The fraction of sp³-hybridized carbons (Fsp3) is 0.429. The zero-order valence-electron chi connectivity index (χ0n) is 12.3. The summed E-state index contributed by atoms with van der Waals surface area (Å²) in [5.41, 5.74) is -0.552. The van der Waals surface area contributed by atoms with Crippen molar-refractivity contribution in [2.75, 3.05) is 6.54 Å². The van der Waals surface area contributed by atoms with E-state index in [0.29, 0.717) is 11.4 Å². The summed E-state index contributed by atoms with van der Waals surface area (Å²) in [7, 11) is 0. The van der Waals surface area contributed by atoms with Crippen LogP contribution in [0, 0.1) is 11.8 Å². The number of aromatic nitrogens is 2. The number of carbonyl (C=O) groups is 2. The third-order valence-corrected chi connectivity index (χ3v) is 3.97. The average Bonchev–Trinajstić information content (AvgIpc) is 2.92. The van der Waals surface area contributed by atoms with Gasteiger partial charge in [-0.25, -0.2) is 4.98 Å². The molecular weight excluding hydrogens is 306 g/mol. The first-order chi connectivity index (χ1) is 10.4. The molecule has 22 heavy (non-hydrogen) atoms. The van der Waals surface area contributed by atoms with E-state index >= 15 is 0 Å². The van der Waals surface area contributed by atoms with Gasteiger partial charge in [0.05, 0.1) is 5.92 Å². The minimum absolute atomic E-state index is 0.0157. The van der Waals surface area contributed by atoms with Crippen LogP contribution in [0.3, 0.4) is 0 Å². The van der Waals surface area contributed by atoms with Gasteiger partial charge in [0.25, 0.3) is 11.5 Å². The van der Waals surface area contributed by atoms with Gasteiger partial charge in [-0.2, -0.15) is 0 Å². The van der Waals surface area contributed by atoms with Crippen molar-refractivity contribution in [1.82, 2.24) is 14.7 Å². The molecule has 2 heterocycles. The van der Waals surface area contributed by atoms with Crippen molar-refractivity contribution < 1.29 is 14.7 Å². The van der Waals surface area contributed by atoms with E-state index in [1.54, 1.807) is 11.6 Å². The van der Waals surface area contributed by atoms with Crippen LogP contribution in [0.1, 0.15) is 30.6 Å². The third-order valence-electron chi connectivity index (χ3n) is 3.20. The highest BCUT2D eigenvalue weighted by atomic mass is 32.1. The van der Waals surface area contributed by atoms with Crippen molar-refractivity contribution >= 4 is 28.2 Å². The molecule has 2 aromatic heterocycles. The lowest BCUT2D eigenvalue weighted by atomic mass is 9.97. The molecule has 0 saturated carbocycles. The van der Waals surface area contributed by atoms with Crippen molar-refractivity contribution in [2.45, 2.75) is 20.3 Å². The van der Waals surface area contributed by atoms with E-state index in [9.17, 15) is 14.4 Å². The lowest BCUT2D eigenvalue weighted by Gasteiger charge is -2.15. The Morgan fingerprint density at radius 3 is 2.82 bits per heavy atom. The summed E-state index contributed by atoms with van der Waals surface area (Å²) in [4.78, 5) is 39.9. The van der Waals surface area contributed by atoms with Gasteiger partial charge in [-0.3, -0.25) is 18.8 Å². The maximum absolute atomic E-state index is 12.1. The molecule has 0 saturated heterocycles. The van der Waals surface area contributed by atoms with Crippen LogP contribution in [0.5, 0.6) is 0 Å². The number of carbonyl (C=O) groups excluding carboxylic acids is 1. The Balaban J connectivity index is 2.12. The van der Waals surface area contributed by atoms with Crippen molar-refractivity contribution in [2.24, 2.45) is 11.8 Å². The summed E-state index contributed by atoms with van der Waals surface area (Å²) in [6, 6.07) is 0. The zero-order chi connectivity index (χ0) is 16.3. The molecule has 2 aromatic rings. The Kier molecular flexibility index (Phi) is 4.92. The molecular formula is C14H17N3O4S. The molecule has 7 nitrogen and oxygen atoms in total. The molecule has 8 heteroatoms. The second kappa shape index (κ2) is 6.69. The van der Waals surface area contributed by atoms with Gasteiger partial charge in [0.2, 0.25) is 0 Å². The highest BCUT2D eigenvalue weighted by molar-refractivity contribution is 7.15. The lowest BCUT2D eigenvalue weighted by molar-refractivity contribution is -0.142. The SMILES string of the molecule is CC(C)CC(CNC(=O)c1cnc2sccn2c1=O)C(=O)O. The molecule has 118 valence electrons. The summed E-state index contributed by atoms with van der Waals surface area (Å²) in [5, 5.41) is 13.4. The van der Waals surface area contributed by atoms with Gasteiger partial charge in [0, 0.05) is 24.3 Å². The second-order valence-electron chi connectivity index (χ2n) is 5.41. The molecule has 0 spiro atoms. The van der Waals surface area contributed by atoms with Crippen molar-refractivity contribution in [3.8, 4) is 0 Å². The van der Waals surface area contributed by atoms with Crippen LogP contribution in [0.15, 0.2) is 22.6 Å². The van der Waals surface area contributed by atoms with Gasteiger partial charge in [0.15, 0.2) is 4.96 Å². The van der Waals surface area contributed by atoms with Crippen molar-refractivity contribution in [3.63, 3.8) is 0 Å². The second-order valence-corrected chi connectivity index (χ2v) is 6.28. The average molecular weight is 323 g/mol. The number of nitrogens with zero attached hydrogens (tertiary/aromatic N) is 2. The molecule has 1 atom stereocenters. The van der Waals surface area contributed by atoms with Crippen LogP contribution < -0.4 is 10.9 Å². The minimum Gasteiger partial charge on any atom is -0.481 e. The molecule has 0 fully saturated rings. The topological polar surface area (TPSA) is 101 Å². The molecule has 0 aromatic carbocycles. The smallest absolute Gasteiger partial charge is 0.308 e. The molecule has 0 aliphatic heterocycles. The first-order valence-corrected chi connectivity index (χ1v) is 7.74. The largest absolute Gasteiger partial charge is 0.481 e. The first-order valence-electron chi connectivity index (χ1n) is 6.86. The molecule has 2 N–H and O–H groups in total. The molecule has 0 radical (unpaired) electrons. The van der Waals surface area contributed by atoms with Crippen LogP contribution in [0.4, 0.5) is 0 Å². The summed E-state index contributed by atoms with van der Waals surface area (Å²) in [5.74, 6) is -2.04. The number of hydrogen-bond acceptors (Lipinski definition) is 5. The van der Waals surface area contributed by atoms with Gasteiger partial charge < -0.3 is 10.4 Å².